The fourth-order valence-electron chi connectivity index (χ4n) is 1.70. The third kappa shape index (κ3) is 8.15. The normalized spacial score (nSPS) is 12.0. The highest BCUT2D eigenvalue weighted by molar-refractivity contribution is 5.78. The van der Waals surface area contributed by atoms with Gasteiger partial charge in [-0.3, -0.25) is 4.79 Å². The molecular formula is C16H22FNO5. The molecule has 1 aromatic carbocycles. The van der Waals surface area contributed by atoms with E-state index in [0.29, 0.717) is 13.0 Å². The molecule has 0 saturated heterocycles. The lowest BCUT2D eigenvalue weighted by atomic mass is 10.2. The maximum absolute atomic E-state index is 12.8. The number of aliphatic carboxylic acids is 1. The van der Waals surface area contributed by atoms with Crippen LogP contribution >= 0.6 is 0 Å². The van der Waals surface area contributed by atoms with Crippen LogP contribution in [0.3, 0.4) is 0 Å². The molecule has 23 heavy (non-hydrogen) atoms. The Labute approximate surface area is 134 Å². The lowest BCUT2D eigenvalue weighted by molar-refractivity contribution is -0.145. The maximum Gasteiger partial charge on any atom is 0.346 e. The van der Waals surface area contributed by atoms with Crippen molar-refractivity contribution in [3.8, 4) is 5.75 Å². The van der Waals surface area contributed by atoms with E-state index >= 15 is 0 Å². The number of carboxylic acid groups (broad SMARTS) is 1. The lowest BCUT2D eigenvalue weighted by Gasteiger charge is -2.16. The molecule has 0 radical (unpaired) electrons. The van der Waals surface area contributed by atoms with Crippen molar-refractivity contribution in [1.29, 1.82) is 0 Å². The molecule has 7 heteroatoms. The number of hydrogen-bond donors (Lipinski definition) is 2. The summed E-state index contributed by atoms with van der Waals surface area (Å²) in [5.74, 6) is -1.70. The Morgan fingerprint density at radius 1 is 1.26 bits per heavy atom. The van der Waals surface area contributed by atoms with Crippen LogP contribution in [0.15, 0.2) is 24.3 Å². The molecule has 0 fully saturated rings. The van der Waals surface area contributed by atoms with Gasteiger partial charge in [0.1, 0.15) is 11.6 Å². The highest BCUT2D eigenvalue weighted by Crippen LogP contribution is 2.13. The van der Waals surface area contributed by atoms with Crippen LogP contribution in [-0.4, -0.2) is 42.3 Å². The van der Waals surface area contributed by atoms with Crippen molar-refractivity contribution in [1.82, 2.24) is 5.32 Å². The minimum Gasteiger partial charge on any atom is -0.478 e. The number of carbonyl (C=O) groups is 2. The topological polar surface area (TPSA) is 84.9 Å². The number of benzene rings is 1. The van der Waals surface area contributed by atoms with Crippen LogP contribution in [0.2, 0.25) is 0 Å². The Morgan fingerprint density at radius 2 is 1.91 bits per heavy atom. The number of ether oxygens (including phenoxy) is 2. The summed E-state index contributed by atoms with van der Waals surface area (Å²) in [4.78, 5) is 22.8. The zero-order chi connectivity index (χ0) is 17.2. The van der Waals surface area contributed by atoms with Gasteiger partial charge in [-0.1, -0.05) is 0 Å². The minimum atomic E-state index is -1.24. The summed E-state index contributed by atoms with van der Waals surface area (Å²) >= 11 is 0. The predicted molar refractivity (Wildman–Crippen MR) is 81.8 cm³/mol. The van der Waals surface area contributed by atoms with Crippen molar-refractivity contribution in [3.63, 3.8) is 0 Å². The fourth-order valence-corrected chi connectivity index (χ4v) is 1.70. The van der Waals surface area contributed by atoms with Gasteiger partial charge in [-0.15, -0.1) is 0 Å². The van der Waals surface area contributed by atoms with Gasteiger partial charge in [-0.25, -0.2) is 9.18 Å². The standard InChI is InChI=1S/C16H22FNO5/c1-11(2)22-9-3-4-15(19)18-10-14(16(20)21)23-13-7-5-12(17)6-8-13/h5-8,11,14H,3-4,9-10H2,1-2H3,(H,18,19)(H,20,21). The summed E-state index contributed by atoms with van der Waals surface area (Å²) in [5, 5.41) is 11.6. The van der Waals surface area contributed by atoms with E-state index in [1.807, 2.05) is 13.8 Å². The SMILES string of the molecule is CC(C)OCCCC(=O)NCC(Oc1ccc(F)cc1)C(=O)O. The minimum absolute atomic E-state index is 0.110. The Morgan fingerprint density at radius 3 is 2.48 bits per heavy atom. The van der Waals surface area contributed by atoms with Gasteiger partial charge < -0.3 is 19.9 Å². The van der Waals surface area contributed by atoms with Crippen LogP contribution in [0.1, 0.15) is 26.7 Å². The fraction of sp³-hybridized carbons (Fsp3) is 0.500. The van der Waals surface area contributed by atoms with Gasteiger partial charge in [-0.2, -0.15) is 0 Å². The van der Waals surface area contributed by atoms with E-state index in [2.05, 4.69) is 5.32 Å². The Balaban J connectivity index is 2.37. The van der Waals surface area contributed by atoms with Crippen LogP contribution in [0.5, 0.6) is 5.75 Å². The van der Waals surface area contributed by atoms with Crippen LogP contribution in [0, 0.1) is 5.82 Å². The van der Waals surface area contributed by atoms with E-state index in [1.54, 1.807) is 0 Å². The van der Waals surface area contributed by atoms with E-state index in [4.69, 9.17) is 14.6 Å². The van der Waals surface area contributed by atoms with Gasteiger partial charge >= 0.3 is 5.97 Å². The second-order valence-corrected chi connectivity index (χ2v) is 5.23. The molecule has 0 bridgehead atoms. The number of hydrogen-bond acceptors (Lipinski definition) is 4. The van der Waals surface area contributed by atoms with Crippen molar-refractivity contribution in [3.05, 3.63) is 30.1 Å². The number of amides is 1. The molecule has 0 spiro atoms. The van der Waals surface area contributed by atoms with Gasteiger partial charge in [0.2, 0.25) is 12.0 Å². The average molecular weight is 327 g/mol. The van der Waals surface area contributed by atoms with Crippen LogP contribution in [0.4, 0.5) is 4.39 Å². The molecule has 2 N–H and O–H groups in total. The molecule has 1 aromatic rings. The third-order valence-electron chi connectivity index (χ3n) is 2.85. The van der Waals surface area contributed by atoms with Crippen LogP contribution in [0.25, 0.3) is 0 Å². The molecular weight excluding hydrogens is 305 g/mol. The average Bonchev–Trinajstić information content (AvgIpc) is 2.49. The third-order valence-corrected chi connectivity index (χ3v) is 2.85. The molecule has 0 aliphatic rings. The summed E-state index contributed by atoms with van der Waals surface area (Å²) in [5.41, 5.74) is 0. The van der Waals surface area contributed by atoms with Crippen molar-refractivity contribution < 1.29 is 28.6 Å². The van der Waals surface area contributed by atoms with Crippen LogP contribution in [-0.2, 0) is 14.3 Å². The summed E-state index contributed by atoms with van der Waals surface area (Å²) in [6.07, 6.45) is -0.328. The Kier molecular flexibility index (Phi) is 8.04. The Hall–Kier alpha value is -2.15. The van der Waals surface area contributed by atoms with E-state index in [9.17, 15) is 14.0 Å². The monoisotopic (exact) mass is 327 g/mol. The summed E-state index contributed by atoms with van der Waals surface area (Å²) in [6, 6.07) is 5.00. The molecule has 1 rings (SSSR count). The summed E-state index contributed by atoms with van der Waals surface area (Å²) in [7, 11) is 0. The van der Waals surface area contributed by atoms with Crippen LogP contribution < -0.4 is 10.1 Å². The lowest BCUT2D eigenvalue weighted by Crippen LogP contribution is -2.40. The maximum atomic E-state index is 12.8. The van der Waals surface area contributed by atoms with Gasteiger partial charge in [-0.05, 0) is 44.5 Å². The molecule has 6 nitrogen and oxygen atoms in total. The first kappa shape index (κ1) is 18.9. The molecule has 0 heterocycles. The largest absolute Gasteiger partial charge is 0.478 e. The number of carbonyl (C=O) groups excluding carboxylic acids is 1. The smallest absolute Gasteiger partial charge is 0.346 e. The number of carboxylic acids is 1. The molecule has 0 aliphatic carbocycles. The molecule has 1 unspecified atom stereocenters. The zero-order valence-corrected chi connectivity index (χ0v) is 13.3. The van der Waals surface area contributed by atoms with E-state index in [-0.39, 0.29) is 30.7 Å². The van der Waals surface area contributed by atoms with Gasteiger partial charge in [0, 0.05) is 13.0 Å². The van der Waals surface area contributed by atoms with E-state index in [1.165, 1.54) is 24.3 Å². The first-order valence-electron chi connectivity index (χ1n) is 7.42. The van der Waals surface area contributed by atoms with E-state index in [0.717, 1.165) is 0 Å². The number of nitrogens with one attached hydrogen (secondary N) is 1. The van der Waals surface area contributed by atoms with Gasteiger partial charge in [0.15, 0.2) is 0 Å². The number of halogens is 1. The van der Waals surface area contributed by atoms with Crippen molar-refractivity contribution in [2.24, 2.45) is 0 Å². The number of rotatable bonds is 10. The molecule has 128 valence electrons. The molecule has 0 aromatic heterocycles. The molecule has 0 aliphatic heterocycles. The molecule has 1 atom stereocenters. The first-order chi connectivity index (χ1) is 10.9. The highest BCUT2D eigenvalue weighted by Gasteiger charge is 2.20. The highest BCUT2D eigenvalue weighted by atomic mass is 19.1. The van der Waals surface area contributed by atoms with Gasteiger partial charge in [0.25, 0.3) is 0 Å². The second kappa shape index (κ2) is 9.78. The summed E-state index contributed by atoms with van der Waals surface area (Å²) in [6.45, 7) is 4.12. The molecule has 0 saturated carbocycles. The first-order valence-corrected chi connectivity index (χ1v) is 7.42. The van der Waals surface area contributed by atoms with Crippen molar-refractivity contribution in [2.75, 3.05) is 13.2 Å². The second-order valence-electron chi connectivity index (χ2n) is 5.23. The zero-order valence-electron chi connectivity index (χ0n) is 13.3. The van der Waals surface area contributed by atoms with E-state index < -0.39 is 17.9 Å². The van der Waals surface area contributed by atoms with Gasteiger partial charge in [0.05, 0.1) is 12.6 Å². The molecule has 1 amide bonds. The van der Waals surface area contributed by atoms with Crippen molar-refractivity contribution >= 4 is 11.9 Å². The van der Waals surface area contributed by atoms with Crippen molar-refractivity contribution in [2.45, 2.75) is 38.9 Å². The Bertz CT molecular complexity index is 504. The predicted octanol–water partition coefficient (Wildman–Crippen LogP) is 1.98. The summed E-state index contributed by atoms with van der Waals surface area (Å²) < 4.78 is 23.3. The quantitative estimate of drug-likeness (QED) is 0.642.